The van der Waals surface area contributed by atoms with Gasteiger partial charge in [0.05, 0.1) is 0 Å². The average molecular weight is 495 g/mol. The van der Waals surface area contributed by atoms with E-state index < -0.39 is 0 Å². The maximum atomic E-state index is 2.35. The van der Waals surface area contributed by atoms with Crippen LogP contribution < -0.4 is 0 Å². The molecular formula is C34H22S2. The maximum Gasteiger partial charge on any atom is 0.0355 e. The van der Waals surface area contributed by atoms with Gasteiger partial charge in [0, 0.05) is 19.2 Å². The molecule has 2 heterocycles. The van der Waals surface area contributed by atoms with Gasteiger partial charge in [-0.05, 0) is 104 Å². The minimum absolute atomic E-state index is 1.23. The summed E-state index contributed by atoms with van der Waals surface area (Å²) in [6.07, 6.45) is 8.82. The first-order valence-corrected chi connectivity index (χ1v) is 13.7. The zero-order valence-electron chi connectivity index (χ0n) is 19.5. The highest BCUT2D eigenvalue weighted by Gasteiger charge is 2.07. The van der Waals surface area contributed by atoms with Crippen molar-refractivity contribution < 1.29 is 0 Å². The number of benzene rings is 5. The summed E-state index contributed by atoms with van der Waals surface area (Å²) in [5.74, 6) is 0. The van der Waals surface area contributed by atoms with E-state index >= 15 is 0 Å². The van der Waals surface area contributed by atoms with E-state index in [1.54, 1.807) is 0 Å². The van der Waals surface area contributed by atoms with Gasteiger partial charge in [0.1, 0.15) is 0 Å². The molecule has 0 nitrogen and oxygen atoms in total. The topological polar surface area (TPSA) is 0 Å². The average Bonchev–Trinajstić information content (AvgIpc) is 3.50. The normalized spacial score (nSPS) is 12.2. The molecule has 0 spiro atoms. The van der Waals surface area contributed by atoms with Crippen molar-refractivity contribution in [1.82, 2.24) is 0 Å². The van der Waals surface area contributed by atoms with Crippen molar-refractivity contribution in [3.63, 3.8) is 0 Å². The molecule has 2 heteroatoms. The van der Waals surface area contributed by atoms with E-state index in [0.29, 0.717) is 0 Å². The van der Waals surface area contributed by atoms with E-state index in [1.165, 1.54) is 62.6 Å². The third kappa shape index (κ3) is 4.15. The highest BCUT2D eigenvalue weighted by atomic mass is 32.1. The molecule has 0 saturated carbocycles. The fourth-order valence-electron chi connectivity index (χ4n) is 4.77. The van der Waals surface area contributed by atoms with Crippen LogP contribution >= 0.6 is 22.7 Å². The monoisotopic (exact) mass is 494 g/mol. The molecule has 0 aliphatic rings. The Morgan fingerprint density at radius 1 is 0.361 bits per heavy atom. The van der Waals surface area contributed by atoms with Crippen LogP contribution in [0.4, 0.5) is 0 Å². The van der Waals surface area contributed by atoms with E-state index in [2.05, 4.69) is 133 Å². The van der Waals surface area contributed by atoms with Crippen molar-refractivity contribution in [1.29, 1.82) is 0 Å². The van der Waals surface area contributed by atoms with Crippen LogP contribution in [0.2, 0.25) is 0 Å². The zero-order chi connectivity index (χ0) is 23.9. The molecule has 0 aliphatic carbocycles. The summed E-state index contributed by atoms with van der Waals surface area (Å²) in [7, 11) is 0. The standard InChI is InChI=1S/C34H22S2/c1-3-7-23(8-4-1)11-13-31-19-29-17-25-15-28-22-34-30(18-26(28)16-27(25)21-33(29)35-31)20-32(36-34)14-12-24-9-5-2-6-10-24/h1-22H. The van der Waals surface area contributed by atoms with Gasteiger partial charge in [0.25, 0.3) is 0 Å². The molecule has 7 aromatic rings. The summed E-state index contributed by atoms with van der Waals surface area (Å²) >= 11 is 3.71. The summed E-state index contributed by atoms with van der Waals surface area (Å²) in [6, 6.07) is 39.6. The Balaban J connectivity index is 1.26. The van der Waals surface area contributed by atoms with E-state index in [0.717, 1.165) is 0 Å². The lowest BCUT2D eigenvalue weighted by molar-refractivity contribution is 1.67. The number of fused-ring (bicyclic) bond motifs is 4. The number of rotatable bonds is 4. The molecule has 0 radical (unpaired) electrons. The molecule has 0 amide bonds. The molecule has 0 saturated heterocycles. The van der Waals surface area contributed by atoms with Gasteiger partial charge in [-0.1, -0.05) is 72.8 Å². The van der Waals surface area contributed by atoms with Crippen LogP contribution in [0, 0.1) is 0 Å². The van der Waals surface area contributed by atoms with Crippen LogP contribution in [0.15, 0.2) is 109 Å². The minimum Gasteiger partial charge on any atom is -0.136 e. The fraction of sp³-hybridized carbons (Fsp3) is 0. The first-order chi connectivity index (χ1) is 17.8. The summed E-state index contributed by atoms with van der Waals surface area (Å²) in [4.78, 5) is 2.57. The molecule has 170 valence electrons. The van der Waals surface area contributed by atoms with Crippen LogP contribution in [0.3, 0.4) is 0 Å². The summed E-state index contributed by atoms with van der Waals surface area (Å²) < 4.78 is 2.67. The highest BCUT2D eigenvalue weighted by Crippen LogP contribution is 2.36. The quantitative estimate of drug-likeness (QED) is 0.213. The number of hydrogen-bond acceptors (Lipinski definition) is 2. The predicted octanol–water partition coefficient (Wildman–Crippen LogP) is 10.8. The summed E-state index contributed by atoms with van der Waals surface area (Å²) in [5, 5.41) is 7.82. The highest BCUT2D eigenvalue weighted by molar-refractivity contribution is 7.20. The van der Waals surface area contributed by atoms with Crippen molar-refractivity contribution in [2.24, 2.45) is 0 Å². The Morgan fingerprint density at radius 3 is 1.19 bits per heavy atom. The molecule has 0 atom stereocenters. The van der Waals surface area contributed by atoms with E-state index in [-0.39, 0.29) is 0 Å². The number of thiophene rings is 2. The Hall–Kier alpha value is -3.98. The Labute approximate surface area is 218 Å². The van der Waals surface area contributed by atoms with Crippen LogP contribution in [-0.2, 0) is 0 Å². The minimum atomic E-state index is 1.23. The third-order valence-electron chi connectivity index (χ3n) is 6.58. The van der Waals surface area contributed by atoms with E-state index in [1.807, 2.05) is 22.7 Å². The molecule has 2 aromatic heterocycles. The first-order valence-electron chi connectivity index (χ1n) is 12.1. The lowest BCUT2D eigenvalue weighted by atomic mass is 10.0. The third-order valence-corrected chi connectivity index (χ3v) is 8.71. The van der Waals surface area contributed by atoms with Gasteiger partial charge >= 0.3 is 0 Å². The second-order valence-electron chi connectivity index (χ2n) is 9.11. The van der Waals surface area contributed by atoms with Crippen molar-refractivity contribution in [3.8, 4) is 0 Å². The van der Waals surface area contributed by atoms with Crippen LogP contribution in [0.1, 0.15) is 20.9 Å². The summed E-state index contributed by atoms with van der Waals surface area (Å²) in [5.41, 5.74) is 2.45. The lowest BCUT2D eigenvalue weighted by Crippen LogP contribution is -1.77. The zero-order valence-corrected chi connectivity index (χ0v) is 21.2. The Bertz CT molecular complexity index is 1690. The Kier molecular flexibility index (Phi) is 5.27. The number of hydrogen-bond donors (Lipinski definition) is 0. The van der Waals surface area contributed by atoms with Gasteiger partial charge in [0.15, 0.2) is 0 Å². The molecule has 7 rings (SSSR count). The van der Waals surface area contributed by atoms with Crippen LogP contribution in [-0.4, -0.2) is 0 Å². The molecule has 36 heavy (non-hydrogen) atoms. The molecule has 0 unspecified atom stereocenters. The molecule has 5 aromatic carbocycles. The molecule has 0 aliphatic heterocycles. The smallest absolute Gasteiger partial charge is 0.0355 e. The second-order valence-corrected chi connectivity index (χ2v) is 11.3. The van der Waals surface area contributed by atoms with E-state index in [4.69, 9.17) is 0 Å². The van der Waals surface area contributed by atoms with E-state index in [9.17, 15) is 0 Å². The second kappa shape index (κ2) is 8.91. The van der Waals surface area contributed by atoms with Gasteiger partial charge < -0.3 is 0 Å². The molecular weight excluding hydrogens is 473 g/mol. The van der Waals surface area contributed by atoms with Crippen molar-refractivity contribution in [3.05, 3.63) is 130 Å². The SMILES string of the molecule is C(=Cc1cc2cc3cc4cc5sc(C=Cc6ccccc6)cc5cc4cc3cc2s1)c1ccccc1. The van der Waals surface area contributed by atoms with Crippen molar-refractivity contribution in [2.75, 3.05) is 0 Å². The van der Waals surface area contributed by atoms with Gasteiger partial charge in [-0.15, -0.1) is 22.7 Å². The van der Waals surface area contributed by atoms with Crippen molar-refractivity contribution >= 4 is 88.7 Å². The largest absolute Gasteiger partial charge is 0.136 e. The maximum absolute atomic E-state index is 2.35. The van der Waals surface area contributed by atoms with Gasteiger partial charge in [0.2, 0.25) is 0 Å². The predicted molar refractivity (Wildman–Crippen MR) is 163 cm³/mol. The van der Waals surface area contributed by atoms with Gasteiger partial charge in [-0.2, -0.15) is 0 Å². The first kappa shape index (κ1) is 21.3. The van der Waals surface area contributed by atoms with Gasteiger partial charge in [-0.25, -0.2) is 0 Å². The van der Waals surface area contributed by atoms with Crippen LogP contribution in [0.25, 0.3) is 66.0 Å². The molecule has 0 N–H and O–H groups in total. The van der Waals surface area contributed by atoms with Crippen LogP contribution in [0.5, 0.6) is 0 Å². The lowest BCUT2D eigenvalue weighted by Gasteiger charge is -2.04. The molecule has 0 fully saturated rings. The summed E-state index contributed by atoms with van der Waals surface area (Å²) in [6.45, 7) is 0. The fourth-order valence-corrected chi connectivity index (χ4v) is 6.76. The van der Waals surface area contributed by atoms with Crippen molar-refractivity contribution in [2.45, 2.75) is 0 Å². The Morgan fingerprint density at radius 2 is 0.750 bits per heavy atom. The van der Waals surface area contributed by atoms with Gasteiger partial charge in [-0.3, -0.25) is 0 Å². The molecule has 0 bridgehead atoms.